The Morgan fingerprint density at radius 2 is 1.66 bits per heavy atom. The van der Waals surface area contributed by atoms with Gasteiger partial charge in [0, 0.05) is 23.5 Å². The summed E-state index contributed by atoms with van der Waals surface area (Å²) in [5.74, 6) is -0.426. The lowest BCUT2D eigenvalue weighted by Gasteiger charge is -2.09. The van der Waals surface area contributed by atoms with Crippen molar-refractivity contribution in [2.24, 2.45) is 0 Å². The fourth-order valence-electron chi connectivity index (χ4n) is 3.57. The lowest BCUT2D eigenvalue weighted by Crippen LogP contribution is -2.14. The van der Waals surface area contributed by atoms with Crippen molar-refractivity contribution >= 4 is 28.3 Å². The van der Waals surface area contributed by atoms with E-state index >= 15 is 0 Å². The molecule has 5 heteroatoms. The van der Waals surface area contributed by atoms with Crippen molar-refractivity contribution in [3.63, 3.8) is 0 Å². The zero-order valence-electron chi connectivity index (χ0n) is 18.1. The van der Waals surface area contributed by atoms with Crippen molar-refractivity contribution in [1.29, 1.82) is 0 Å². The van der Waals surface area contributed by atoms with E-state index < -0.39 is 0 Å². The van der Waals surface area contributed by atoms with Crippen molar-refractivity contribution in [2.75, 3.05) is 5.32 Å². The standard InChI is InChI=1S/C27H24N2O3/c1-18-3-10-25(19(2)13-18)27(31)32-17-21-6-4-20(5-7-21)14-26(30)29-24-9-8-23-16-28-12-11-22(23)15-24/h3-13,15-16H,14,17H2,1-2H3,(H,29,30). The van der Waals surface area contributed by atoms with Crippen LogP contribution in [-0.2, 0) is 22.6 Å². The molecular formula is C27H24N2O3. The number of ether oxygens (including phenoxy) is 1. The van der Waals surface area contributed by atoms with Gasteiger partial charge in [-0.2, -0.15) is 0 Å². The smallest absolute Gasteiger partial charge is 0.338 e. The maximum absolute atomic E-state index is 12.4. The highest BCUT2D eigenvalue weighted by molar-refractivity contribution is 5.95. The molecule has 160 valence electrons. The molecule has 1 heterocycles. The summed E-state index contributed by atoms with van der Waals surface area (Å²) in [5, 5.41) is 4.99. The van der Waals surface area contributed by atoms with Gasteiger partial charge in [0.25, 0.3) is 0 Å². The summed E-state index contributed by atoms with van der Waals surface area (Å²) in [6.45, 7) is 4.08. The Labute approximate surface area is 187 Å². The van der Waals surface area contributed by atoms with Crippen LogP contribution in [0.25, 0.3) is 10.8 Å². The first-order valence-electron chi connectivity index (χ1n) is 10.4. The van der Waals surface area contributed by atoms with Gasteiger partial charge >= 0.3 is 5.97 Å². The molecule has 0 radical (unpaired) electrons. The number of carbonyl (C=O) groups excluding carboxylic acids is 2. The molecule has 32 heavy (non-hydrogen) atoms. The van der Waals surface area contributed by atoms with Crippen LogP contribution in [0, 0.1) is 13.8 Å². The van der Waals surface area contributed by atoms with E-state index in [0.717, 1.165) is 38.7 Å². The van der Waals surface area contributed by atoms with Gasteiger partial charge in [-0.3, -0.25) is 9.78 Å². The molecule has 0 atom stereocenters. The van der Waals surface area contributed by atoms with Crippen LogP contribution in [0.1, 0.15) is 32.6 Å². The van der Waals surface area contributed by atoms with E-state index in [1.807, 2.05) is 74.5 Å². The maximum atomic E-state index is 12.4. The number of rotatable bonds is 6. The van der Waals surface area contributed by atoms with E-state index in [-0.39, 0.29) is 24.9 Å². The molecule has 3 aromatic carbocycles. The highest BCUT2D eigenvalue weighted by Gasteiger charge is 2.11. The van der Waals surface area contributed by atoms with Crippen molar-refractivity contribution in [3.8, 4) is 0 Å². The van der Waals surface area contributed by atoms with Gasteiger partial charge in [-0.15, -0.1) is 0 Å². The Morgan fingerprint density at radius 1 is 0.875 bits per heavy atom. The molecule has 5 nitrogen and oxygen atoms in total. The molecule has 0 aliphatic heterocycles. The molecule has 1 amide bonds. The number of hydrogen-bond acceptors (Lipinski definition) is 4. The van der Waals surface area contributed by atoms with E-state index in [9.17, 15) is 9.59 Å². The SMILES string of the molecule is Cc1ccc(C(=O)OCc2ccc(CC(=O)Nc3ccc4cnccc4c3)cc2)c(C)c1. The topological polar surface area (TPSA) is 68.3 Å². The zero-order valence-corrected chi connectivity index (χ0v) is 18.1. The van der Waals surface area contributed by atoms with Gasteiger partial charge in [0.1, 0.15) is 6.61 Å². The second kappa shape index (κ2) is 9.43. The molecule has 0 saturated heterocycles. The minimum Gasteiger partial charge on any atom is -0.457 e. The molecule has 0 aliphatic rings. The Hall–Kier alpha value is -3.99. The normalized spacial score (nSPS) is 10.7. The summed E-state index contributed by atoms with van der Waals surface area (Å²) in [6.07, 6.45) is 3.79. The summed E-state index contributed by atoms with van der Waals surface area (Å²) in [6, 6.07) is 20.8. The molecule has 4 aromatic rings. The first-order chi connectivity index (χ1) is 15.5. The molecule has 0 unspecified atom stereocenters. The van der Waals surface area contributed by atoms with Crippen LogP contribution >= 0.6 is 0 Å². The number of fused-ring (bicyclic) bond motifs is 1. The first kappa shape index (κ1) is 21.2. The Morgan fingerprint density at radius 3 is 2.44 bits per heavy atom. The number of nitrogens with zero attached hydrogens (tertiary/aromatic N) is 1. The van der Waals surface area contributed by atoms with Crippen molar-refractivity contribution in [2.45, 2.75) is 26.9 Å². The molecule has 1 N–H and O–H groups in total. The fourth-order valence-corrected chi connectivity index (χ4v) is 3.57. The second-order valence-corrected chi connectivity index (χ2v) is 7.87. The summed E-state index contributed by atoms with van der Waals surface area (Å²) in [7, 11) is 0. The number of hydrogen-bond donors (Lipinski definition) is 1. The van der Waals surface area contributed by atoms with Gasteiger partial charge in [-0.1, -0.05) is 48.0 Å². The van der Waals surface area contributed by atoms with E-state index in [0.29, 0.717) is 5.56 Å². The van der Waals surface area contributed by atoms with Crippen molar-refractivity contribution < 1.29 is 14.3 Å². The summed E-state index contributed by atoms with van der Waals surface area (Å²) in [4.78, 5) is 28.9. The van der Waals surface area contributed by atoms with Gasteiger partial charge in [-0.25, -0.2) is 4.79 Å². The van der Waals surface area contributed by atoms with Crippen LogP contribution in [0.4, 0.5) is 5.69 Å². The monoisotopic (exact) mass is 424 g/mol. The van der Waals surface area contributed by atoms with Gasteiger partial charge in [-0.05, 0) is 60.2 Å². The zero-order chi connectivity index (χ0) is 22.5. The third-order valence-electron chi connectivity index (χ3n) is 5.28. The van der Waals surface area contributed by atoms with Crippen LogP contribution in [-0.4, -0.2) is 16.9 Å². The quantitative estimate of drug-likeness (QED) is 0.422. The highest BCUT2D eigenvalue weighted by Crippen LogP contribution is 2.18. The third-order valence-corrected chi connectivity index (χ3v) is 5.28. The third kappa shape index (κ3) is 5.19. The summed E-state index contributed by atoms with van der Waals surface area (Å²) in [5.41, 5.74) is 5.10. The number of nitrogens with one attached hydrogen (secondary N) is 1. The molecule has 4 rings (SSSR count). The Balaban J connectivity index is 1.31. The van der Waals surface area contributed by atoms with E-state index in [2.05, 4.69) is 10.3 Å². The van der Waals surface area contributed by atoms with Gasteiger partial charge in [0.15, 0.2) is 0 Å². The molecule has 0 aliphatic carbocycles. The van der Waals surface area contributed by atoms with Crippen LogP contribution < -0.4 is 5.32 Å². The minimum atomic E-state index is -0.336. The number of aromatic nitrogens is 1. The summed E-state index contributed by atoms with van der Waals surface area (Å²) < 4.78 is 5.45. The Bertz CT molecular complexity index is 1280. The molecular weight excluding hydrogens is 400 g/mol. The maximum Gasteiger partial charge on any atom is 0.338 e. The molecule has 0 fully saturated rings. The molecule has 0 spiro atoms. The Kier molecular flexibility index (Phi) is 6.26. The van der Waals surface area contributed by atoms with Gasteiger partial charge < -0.3 is 10.1 Å². The van der Waals surface area contributed by atoms with E-state index in [4.69, 9.17) is 4.74 Å². The molecule has 0 bridgehead atoms. The highest BCUT2D eigenvalue weighted by atomic mass is 16.5. The van der Waals surface area contributed by atoms with Gasteiger partial charge in [0.2, 0.25) is 5.91 Å². The molecule has 1 aromatic heterocycles. The first-order valence-corrected chi connectivity index (χ1v) is 10.4. The second-order valence-electron chi connectivity index (χ2n) is 7.87. The number of benzene rings is 3. The van der Waals surface area contributed by atoms with E-state index in [1.54, 1.807) is 18.5 Å². The van der Waals surface area contributed by atoms with Gasteiger partial charge in [0.05, 0.1) is 12.0 Å². The van der Waals surface area contributed by atoms with Crippen LogP contribution in [0.5, 0.6) is 0 Å². The lowest BCUT2D eigenvalue weighted by atomic mass is 10.1. The number of amides is 1. The predicted molar refractivity (Wildman–Crippen MR) is 126 cm³/mol. The lowest BCUT2D eigenvalue weighted by molar-refractivity contribution is -0.115. The largest absolute Gasteiger partial charge is 0.457 e. The predicted octanol–water partition coefficient (Wildman–Crippen LogP) is 5.39. The number of carbonyl (C=O) groups is 2. The van der Waals surface area contributed by atoms with Crippen LogP contribution in [0.3, 0.4) is 0 Å². The van der Waals surface area contributed by atoms with E-state index in [1.165, 1.54) is 0 Å². The fraction of sp³-hybridized carbons (Fsp3) is 0.148. The summed E-state index contributed by atoms with van der Waals surface area (Å²) >= 11 is 0. The average molecular weight is 425 g/mol. The van der Waals surface area contributed by atoms with Crippen molar-refractivity contribution in [3.05, 3.63) is 107 Å². The number of esters is 1. The average Bonchev–Trinajstić information content (AvgIpc) is 2.78. The molecule has 0 saturated carbocycles. The number of anilines is 1. The minimum absolute atomic E-state index is 0.0903. The van der Waals surface area contributed by atoms with Crippen LogP contribution in [0.2, 0.25) is 0 Å². The number of aryl methyl sites for hydroxylation is 2. The van der Waals surface area contributed by atoms with Crippen molar-refractivity contribution in [1.82, 2.24) is 4.98 Å². The van der Waals surface area contributed by atoms with Crippen LogP contribution in [0.15, 0.2) is 79.1 Å². The number of pyridine rings is 1.